The standard InChI is InChI=1S/C18H17N5O2S/c1-9-5-13-15(6-10(9)2)26-18(19-13)23-16(8-11(3)21-23)20-17(24)14-7-12(4)22-25-14/h5-8H,1-4H3,(H,20,24). The average Bonchev–Trinajstić information content (AvgIpc) is 3.27. The molecule has 8 heteroatoms. The maximum atomic E-state index is 12.4. The van der Waals surface area contributed by atoms with E-state index < -0.39 is 0 Å². The molecular formula is C18H17N5O2S. The lowest BCUT2D eigenvalue weighted by Gasteiger charge is -2.04. The van der Waals surface area contributed by atoms with Gasteiger partial charge in [-0.3, -0.25) is 4.79 Å². The van der Waals surface area contributed by atoms with Crippen molar-refractivity contribution in [3.63, 3.8) is 0 Å². The highest BCUT2D eigenvalue weighted by Gasteiger charge is 2.18. The fourth-order valence-electron chi connectivity index (χ4n) is 2.64. The Morgan fingerprint density at radius 1 is 1.08 bits per heavy atom. The van der Waals surface area contributed by atoms with Crippen LogP contribution in [0.2, 0.25) is 0 Å². The second kappa shape index (κ2) is 6.06. The van der Waals surface area contributed by atoms with Crippen molar-refractivity contribution in [3.8, 4) is 5.13 Å². The Labute approximate surface area is 153 Å². The molecule has 3 heterocycles. The van der Waals surface area contributed by atoms with E-state index in [1.807, 2.05) is 6.92 Å². The van der Waals surface area contributed by atoms with Crippen LogP contribution in [0.15, 0.2) is 28.8 Å². The van der Waals surface area contributed by atoms with Crippen LogP contribution in [0.1, 0.15) is 33.1 Å². The molecule has 132 valence electrons. The van der Waals surface area contributed by atoms with Gasteiger partial charge in [0.05, 0.1) is 21.6 Å². The number of nitrogens with zero attached hydrogens (tertiary/aromatic N) is 4. The van der Waals surface area contributed by atoms with Crippen molar-refractivity contribution in [2.24, 2.45) is 0 Å². The SMILES string of the molecule is Cc1cc(C(=O)Nc2cc(C)nn2-c2nc3cc(C)c(C)cc3s2)on1. The first-order valence-corrected chi connectivity index (χ1v) is 8.92. The Hall–Kier alpha value is -3.00. The van der Waals surface area contributed by atoms with Crippen LogP contribution in [0.5, 0.6) is 0 Å². The molecule has 1 amide bonds. The highest BCUT2D eigenvalue weighted by Crippen LogP contribution is 2.29. The minimum absolute atomic E-state index is 0.156. The third-order valence-corrected chi connectivity index (χ3v) is 5.09. The Balaban J connectivity index is 1.72. The van der Waals surface area contributed by atoms with E-state index in [4.69, 9.17) is 4.52 Å². The number of anilines is 1. The Morgan fingerprint density at radius 3 is 2.58 bits per heavy atom. The van der Waals surface area contributed by atoms with Crippen LogP contribution in [-0.4, -0.2) is 25.8 Å². The molecule has 4 rings (SSSR count). The molecule has 0 aliphatic heterocycles. The quantitative estimate of drug-likeness (QED) is 0.592. The predicted molar refractivity (Wildman–Crippen MR) is 100 cm³/mol. The van der Waals surface area contributed by atoms with Crippen molar-refractivity contribution in [2.45, 2.75) is 27.7 Å². The third kappa shape index (κ3) is 2.88. The Morgan fingerprint density at radius 2 is 1.85 bits per heavy atom. The summed E-state index contributed by atoms with van der Waals surface area (Å²) in [6.07, 6.45) is 0. The summed E-state index contributed by atoms with van der Waals surface area (Å²) in [7, 11) is 0. The van der Waals surface area contributed by atoms with Gasteiger partial charge < -0.3 is 9.84 Å². The van der Waals surface area contributed by atoms with Gasteiger partial charge in [-0.25, -0.2) is 4.98 Å². The lowest BCUT2D eigenvalue weighted by atomic mass is 10.1. The summed E-state index contributed by atoms with van der Waals surface area (Å²) >= 11 is 1.53. The zero-order chi connectivity index (χ0) is 18.4. The van der Waals surface area contributed by atoms with Crippen LogP contribution in [0, 0.1) is 27.7 Å². The van der Waals surface area contributed by atoms with Gasteiger partial charge in [0.2, 0.25) is 10.9 Å². The summed E-state index contributed by atoms with van der Waals surface area (Å²) < 4.78 is 7.75. The molecule has 0 radical (unpaired) electrons. The monoisotopic (exact) mass is 367 g/mol. The number of nitrogens with one attached hydrogen (secondary N) is 1. The number of thiazole rings is 1. The smallest absolute Gasteiger partial charge is 0.295 e. The van der Waals surface area contributed by atoms with Gasteiger partial charge in [0.1, 0.15) is 5.82 Å². The van der Waals surface area contributed by atoms with Crippen LogP contribution in [-0.2, 0) is 0 Å². The van der Waals surface area contributed by atoms with Gasteiger partial charge in [0.15, 0.2) is 0 Å². The van der Waals surface area contributed by atoms with Crippen LogP contribution < -0.4 is 5.32 Å². The molecule has 26 heavy (non-hydrogen) atoms. The highest BCUT2D eigenvalue weighted by atomic mass is 32.1. The van der Waals surface area contributed by atoms with E-state index in [1.54, 1.807) is 23.7 Å². The van der Waals surface area contributed by atoms with Gasteiger partial charge in [-0.15, -0.1) is 0 Å². The van der Waals surface area contributed by atoms with Crippen LogP contribution in [0.4, 0.5) is 5.82 Å². The minimum Gasteiger partial charge on any atom is -0.351 e. The second-order valence-electron chi connectivity index (χ2n) is 6.27. The molecule has 3 aromatic heterocycles. The van der Waals surface area contributed by atoms with E-state index in [9.17, 15) is 4.79 Å². The number of rotatable bonds is 3. The number of carbonyl (C=O) groups excluding carboxylic acids is 1. The van der Waals surface area contributed by atoms with Gasteiger partial charge in [0.25, 0.3) is 5.91 Å². The number of hydrogen-bond acceptors (Lipinski definition) is 6. The van der Waals surface area contributed by atoms with E-state index in [1.165, 1.54) is 22.5 Å². The molecule has 0 aliphatic rings. The van der Waals surface area contributed by atoms with E-state index in [-0.39, 0.29) is 11.7 Å². The summed E-state index contributed by atoms with van der Waals surface area (Å²) in [5, 5.41) is 11.7. The molecule has 7 nitrogen and oxygen atoms in total. The molecule has 0 aliphatic carbocycles. The highest BCUT2D eigenvalue weighted by molar-refractivity contribution is 7.20. The topological polar surface area (TPSA) is 85.8 Å². The first kappa shape index (κ1) is 16.5. The van der Waals surface area contributed by atoms with Crippen molar-refractivity contribution < 1.29 is 9.32 Å². The second-order valence-corrected chi connectivity index (χ2v) is 7.28. The van der Waals surface area contributed by atoms with Crippen molar-refractivity contribution >= 4 is 33.3 Å². The summed E-state index contributed by atoms with van der Waals surface area (Å²) in [6, 6.07) is 7.57. The van der Waals surface area contributed by atoms with Gasteiger partial charge >= 0.3 is 0 Å². The first-order chi connectivity index (χ1) is 12.4. The lowest BCUT2D eigenvalue weighted by molar-refractivity contribution is 0.0987. The predicted octanol–water partition coefficient (Wildman–Crippen LogP) is 3.96. The molecule has 0 spiro atoms. The van der Waals surface area contributed by atoms with Gasteiger partial charge in [-0.05, 0) is 51.0 Å². The van der Waals surface area contributed by atoms with Crippen LogP contribution in [0.3, 0.4) is 0 Å². The zero-order valence-electron chi connectivity index (χ0n) is 14.8. The van der Waals surface area contributed by atoms with Crippen molar-refractivity contribution in [2.75, 3.05) is 5.32 Å². The molecule has 1 N–H and O–H groups in total. The molecular weight excluding hydrogens is 350 g/mol. The van der Waals surface area contributed by atoms with Crippen molar-refractivity contribution in [1.82, 2.24) is 19.9 Å². The van der Waals surface area contributed by atoms with E-state index >= 15 is 0 Å². The molecule has 1 aromatic carbocycles. The van der Waals surface area contributed by atoms with E-state index in [0.717, 1.165) is 15.9 Å². The molecule has 0 bridgehead atoms. The number of aromatic nitrogens is 4. The molecule has 0 unspecified atom stereocenters. The van der Waals surface area contributed by atoms with Crippen LogP contribution in [0.25, 0.3) is 15.3 Å². The normalized spacial score (nSPS) is 11.2. The fraction of sp³-hybridized carbons (Fsp3) is 0.222. The summed E-state index contributed by atoms with van der Waals surface area (Å²) in [4.78, 5) is 17.1. The average molecular weight is 367 g/mol. The van der Waals surface area contributed by atoms with E-state index in [0.29, 0.717) is 16.6 Å². The molecule has 0 saturated carbocycles. The first-order valence-electron chi connectivity index (χ1n) is 8.10. The maximum Gasteiger partial charge on any atom is 0.295 e. The Bertz CT molecular complexity index is 1100. The molecule has 0 saturated heterocycles. The number of carbonyl (C=O) groups is 1. The maximum absolute atomic E-state index is 12.4. The van der Waals surface area contributed by atoms with Crippen LogP contribution >= 0.6 is 11.3 Å². The summed E-state index contributed by atoms with van der Waals surface area (Å²) in [6.45, 7) is 7.78. The molecule has 0 fully saturated rings. The number of benzene rings is 1. The van der Waals surface area contributed by atoms with Gasteiger partial charge in [-0.2, -0.15) is 9.78 Å². The van der Waals surface area contributed by atoms with Gasteiger partial charge in [-0.1, -0.05) is 16.5 Å². The molecule has 0 atom stereocenters. The van der Waals surface area contributed by atoms with Crippen molar-refractivity contribution in [1.29, 1.82) is 0 Å². The number of hydrogen-bond donors (Lipinski definition) is 1. The largest absolute Gasteiger partial charge is 0.351 e. The summed E-state index contributed by atoms with van der Waals surface area (Å²) in [5.74, 6) is 0.317. The number of fused-ring (bicyclic) bond motifs is 1. The minimum atomic E-state index is -0.375. The van der Waals surface area contributed by atoms with Crippen molar-refractivity contribution in [3.05, 3.63) is 52.5 Å². The number of aryl methyl sites for hydroxylation is 4. The molecule has 4 aromatic rings. The third-order valence-electron chi connectivity index (χ3n) is 4.10. The van der Waals surface area contributed by atoms with E-state index in [2.05, 4.69) is 46.5 Å². The van der Waals surface area contributed by atoms with Gasteiger partial charge in [0, 0.05) is 12.1 Å². The summed E-state index contributed by atoms with van der Waals surface area (Å²) in [5.41, 5.74) is 4.76. The zero-order valence-corrected chi connectivity index (χ0v) is 15.6. The lowest BCUT2D eigenvalue weighted by Crippen LogP contribution is -2.14. The fourth-order valence-corrected chi connectivity index (χ4v) is 3.65. The number of amides is 1. The Kier molecular flexibility index (Phi) is 3.84.